The SMILES string of the molecule is c1ccc(-c2cc(-c3ccccn3)nc(-c3ccc(-n4c5ccccc5c5cc(-n6c7ccccc7c7ccccc76)ccc54)cc3)n2)cc1. The zero-order chi connectivity index (χ0) is 33.0. The quantitative estimate of drug-likeness (QED) is 0.188. The molecule has 0 fully saturated rings. The first-order valence-electron chi connectivity index (χ1n) is 16.8. The van der Waals surface area contributed by atoms with Gasteiger partial charge < -0.3 is 9.13 Å². The Bertz CT molecular complexity index is 2740. The maximum absolute atomic E-state index is 5.02. The van der Waals surface area contributed by atoms with Crippen molar-refractivity contribution >= 4 is 43.6 Å². The lowest BCUT2D eigenvalue weighted by Crippen LogP contribution is -1.98. The number of aromatic nitrogens is 5. The predicted molar refractivity (Wildman–Crippen MR) is 205 cm³/mol. The molecule has 0 N–H and O–H groups in total. The van der Waals surface area contributed by atoms with Gasteiger partial charge in [0.2, 0.25) is 0 Å². The molecule has 0 saturated heterocycles. The maximum Gasteiger partial charge on any atom is 0.160 e. The van der Waals surface area contributed by atoms with Crippen molar-refractivity contribution in [1.29, 1.82) is 0 Å². The predicted octanol–water partition coefficient (Wildman–Crippen LogP) is 11.1. The molecule has 234 valence electrons. The van der Waals surface area contributed by atoms with Crippen LogP contribution in [0, 0.1) is 0 Å². The van der Waals surface area contributed by atoms with Gasteiger partial charge in [0.1, 0.15) is 0 Å². The maximum atomic E-state index is 5.02. The number of fused-ring (bicyclic) bond motifs is 6. The molecule has 0 atom stereocenters. The third-order valence-corrected chi connectivity index (χ3v) is 9.60. The Hall–Kier alpha value is -6.85. The molecule has 4 heterocycles. The van der Waals surface area contributed by atoms with Crippen LogP contribution in [0.4, 0.5) is 0 Å². The van der Waals surface area contributed by atoms with Crippen LogP contribution in [-0.4, -0.2) is 24.1 Å². The summed E-state index contributed by atoms with van der Waals surface area (Å²) in [4.78, 5) is 14.6. The zero-order valence-corrected chi connectivity index (χ0v) is 27.0. The minimum Gasteiger partial charge on any atom is -0.309 e. The van der Waals surface area contributed by atoms with Crippen molar-refractivity contribution in [3.8, 4) is 45.4 Å². The summed E-state index contributed by atoms with van der Waals surface area (Å²) in [6, 6.07) is 59.5. The Balaban J connectivity index is 1.11. The van der Waals surface area contributed by atoms with E-state index in [0.29, 0.717) is 5.82 Å². The van der Waals surface area contributed by atoms with E-state index in [1.165, 1.54) is 32.6 Å². The van der Waals surface area contributed by atoms with Crippen LogP contribution in [-0.2, 0) is 0 Å². The van der Waals surface area contributed by atoms with E-state index in [1.54, 1.807) is 6.20 Å². The lowest BCUT2D eigenvalue weighted by atomic mass is 10.1. The Morgan fingerprint density at radius 3 is 1.54 bits per heavy atom. The lowest BCUT2D eigenvalue weighted by Gasteiger charge is -2.12. The van der Waals surface area contributed by atoms with Crippen molar-refractivity contribution in [3.05, 3.63) is 176 Å². The van der Waals surface area contributed by atoms with E-state index in [2.05, 4.69) is 142 Å². The van der Waals surface area contributed by atoms with Crippen LogP contribution in [0.1, 0.15) is 0 Å². The van der Waals surface area contributed by atoms with Gasteiger partial charge in [0.05, 0.1) is 39.1 Å². The van der Waals surface area contributed by atoms with E-state index >= 15 is 0 Å². The van der Waals surface area contributed by atoms with E-state index in [4.69, 9.17) is 9.97 Å². The van der Waals surface area contributed by atoms with Gasteiger partial charge in [-0.25, -0.2) is 9.97 Å². The number of benzene rings is 6. The van der Waals surface area contributed by atoms with Crippen molar-refractivity contribution in [1.82, 2.24) is 24.1 Å². The van der Waals surface area contributed by atoms with Crippen molar-refractivity contribution in [2.24, 2.45) is 0 Å². The summed E-state index contributed by atoms with van der Waals surface area (Å²) in [7, 11) is 0. The molecule has 5 heteroatoms. The lowest BCUT2D eigenvalue weighted by molar-refractivity contribution is 1.15. The van der Waals surface area contributed by atoms with E-state index in [1.807, 2.05) is 42.5 Å². The van der Waals surface area contributed by atoms with Gasteiger partial charge in [-0.2, -0.15) is 0 Å². The Morgan fingerprint density at radius 2 is 0.880 bits per heavy atom. The fraction of sp³-hybridized carbons (Fsp3) is 0. The van der Waals surface area contributed by atoms with Crippen LogP contribution in [0.3, 0.4) is 0 Å². The van der Waals surface area contributed by atoms with Crippen LogP contribution >= 0.6 is 0 Å². The molecule has 0 saturated carbocycles. The summed E-state index contributed by atoms with van der Waals surface area (Å²) in [5.74, 6) is 0.664. The summed E-state index contributed by atoms with van der Waals surface area (Å²) < 4.78 is 4.73. The molecule has 0 spiro atoms. The Morgan fingerprint density at radius 1 is 0.340 bits per heavy atom. The normalized spacial score (nSPS) is 11.6. The van der Waals surface area contributed by atoms with E-state index in [9.17, 15) is 0 Å². The summed E-state index contributed by atoms with van der Waals surface area (Å²) in [6.07, 6.45) is 1.80. The van der Waals surface area contributed by atoms with Crippen LogP contribution in [0.15, 0.2) is 176 Å². The second kappa shape index (κ2) is 11.4. The molecule has 10 rings (SSSR count). The number of rotatable bonds is 5. The summed E-state index contributed by atoms with van der Waals surface area (Å²) in [6.45, 7) is 0. The number of nitrogens with zero attached hydrogens (tertiary/aromatic N) is 5. The number of pyridine rings is 1. The average Bonchev–Trinajstić information content (AvgIpc) is 3.71. The van der Waals surface area contributed by atoms with Crippen molar-refractivity contribution in [3.63, 3.8) is 0 Å². The second-order valence-corrected chi connectivity index (χ2v) is 12.5. The fourth-order valence-electron chi connectivity index (χ4n) is 7.32. The molecule has 0 aliphatic rings. The van der Waals surface area contributed by atoms with Crippen LogP contribution in [0.25, 0.3) is 89.0 Å². The van der Waals surface area contributed by atoms with Crippen LogP contribution in [0.2, 0.25) is 0 Å². The highest BCUT2D eigenvalue weighted by molar-refractivity contribution is 6.12. The van der Waals surface area contributed by atoms with Gasteiger partial charge in [0, 0.05) is 50.2 Å². The molecule has 0 aliphatic heterocycles. The molecule has 0 bridgehead atoms. The molecule has 5 nitrogen and oxygen atoms in total. The summed E-state index contributed by atoms with van der Waals surface area (Å²) in [5.41, 5.74) is 11.4. The fourth-order valence-corrected chi connectivity index (χ4v) is 7.32. The molecule has 4 aromatic heterocycles. The van der Waals surface area contributed by atoms with Crippen molar-refractivity contribution < 1.29 is 0 Å². The summed E-state index contributed by atoms with van der Waals surface area (Å²) in [5, 5.41) is 4.95. The molecule has 0 unspecified atom stereocenters. The third-order valence-electron chi connectivity index (χ3n) is 9.60. The van der Waals surface area contributed by atoms with Crippen molar-refractivity contribution in [2.45, 2.75) is 0 Å². The minimum atomic E-state index is 0.664. The smallest absolute Gasteiger partial charge is 0.160 e. The van der Waals surface area contributed by atoms with Gasteiger partial charge in [0.25, 0.3) is 0 Å². The van der Waals surface area contributed by atoms with E-state index in [0.717, 1.165) is 50.6 Å². The number of para-hydroxylation sites is 3. The molecular weight excluding hydrogens is 611 g/mol. The Kier molecular flexibility index (Phi) is 6.42. The highest BCUT2D eigenvalue weighted by atomic mass is 15.0. The molecule has 6 aromatic carbocycles. The van der Waals surface area contributed by atoms with E-state index in [-0.39, 0.29) is 0 Å². The minimum absolute atomic E-state index is 0.664. The monoisotopic (exact) mass is 639 g/mol. The van der Waals surface area contributed by atoms with Gasteiger partial charge >= 0.3 is 0 Å². The highest BCUT2D eigenvalue weighted by Gasteiger charge is 2.17. The van der Waals surface area contributed by atoms with Gasteiger partial charge in [0.15, 0.2) is 5.82 Å². The van der Waals surface area contributed by atoms with Gasteiger partial charge in [-0.3, -0.25) is 4.98 Å². The molecule has 0 aliphatic carbocycles. The Labute approximate surface area is 288 Å². The zero-order valence-electron chi connectivity index (χ0n) is 27.0. The first-order chi connectivity index (χ1) is 24.8. The van der Waals surface area contributed by atoms with Crippen LogP contribution < -0.4 is 0 Å². The molecule has 50 heavy (non-hydrogen) atoms. The first kappa shape index (κ1) is 28.2. The first-order valence-corrected chi connectivity index (χ1v) is 16.8. The second-order valence-electron chi connectivity index (χ2n) is 12.5. The third kappa shape index (κ3) is 4.52. The molecule has 0 radical (unpaired) electrons. The van der Waals surface area contributed by atoms with Crippen molar-refractivity contribution in [2.75, 3.05) is 0 Å². The molecule has 0 amide bonds. The molecular formula is C45H29N5. The summed E-state index contributed by atoms with van der Waals surface area (Å²) >= 11 is 0. The average molecular weight is 640 g/mol. The van der Waals surface area contributed by atoms with E-state index < -0.39 is 0 Å². The van der Waals surface area contributed by atoms with Gasteiger partial charge in [-0.15, -0.1) is 0 Å². The molecule has 10 aromatic rings. The largest absolute Gasteiger partial charge is 0.309 e. The number of hydrogen-bond donors (Lipinski definition) is 0. The van der Waals surface area contributed by atoms with Crippen LogP contribution in [0.5, 0.6) is 0 Å². The number of hydrogen-bond acceptors (Lipinski definition) is 3. The standard InChI is InChI=1S/C45H29N5/c1-2-12-30(13-3-1)39-29-40(38-17-10-11-27-46-38)48-45(47-39)31-21-23-32(24-22-31)49-43-20-9-6-16-36(43)37-28-33(25-26-44(37)49)50-41-18-7-4-14-34(41)35-15-5-8-19-42(35)50/h1-29H. The topological polar surface area (TPSA) is 48.5 Å². The van der Waals surface area contributed by atoms with Gasteiger partial charge in [-0.05, 0) is 78.9 Å². The highest BCUT2D eigenvalue weighted by Crippen LogP contribution is 2.37. The van der Waals surface area contributed by atoms with Gasteiger partial charge in [-0.1, -0.05) is 91.0 Å².